The fraction of sp³-hybridized carbons (Fsp3) is 0.316. The molecule has 0 aromatic heterocycles. The molecule has 1 atom stereocenters. The zero-order valence-electron chi connectivity index (χ0n) is 14.9. The number of hydrogen-bond donors (Lipinski definition) is 2. The normalized spacial score (nSPS) is 17.2. The van der Waals surface area contributed by atoms with Crippen molar-refractivity contribution in [2.45, 2.75) is 25.8 Å². The largest absolute Gasteiger partial charge is 0.322 e. The second-order valence-corrected chi connectivity index (χ2v) is 8.34. The van der Waals surface area contributed by atoms with E-state index in [1.807, 2.05) is 42.2 Å². The van der Waals surface area contributed by atoms with Crippen LogP contribution >= 0.6 is 0 Å². The average molecular weight is 373 g/mol. The third-order valence-corrected chi connectivity index (χ3v) is 5.09. The van der Waals surface area contributed by atoms with Crippen LogP contribution in [0.1, 0.15) is 30.0 Å². The molecule has 26 heavy (non-hydrogen) atoms. The lowest BCUT2D eigenvalue weighted by Crippen LogP contribution is -2.34. The molecule has 2 N–H and O–H groups in total. The minimum atomic E-state index is -3.37. The number of urea groups is 1. The predicted molar refractivity (Wildman–Crippen MR) is 104 cm³/mol. The third-order valence-electron chi connectivity index (χ3n) is 4.48. The van der Waals surface area contributed by atoms with Gasteiger partial charge in [0.15, 0.2) is 0 Å². The summed E-state index contributed by atoms with van der Waals surface area (Å²) in [7, 11) is -3.37. The van der Waals surface area contributed by atoms with Gasteiger partial charge in [0.1, 0.15) is 0 Å². The van der Waals surface area contributed by atoms with E-state index in [2.05, 4.69) is 10.0 Å². The molecule has 2 aromatic rings. The highest BCUT2D eigenvalue weighted by Crippen LogP contribution is 2.32. The summed E-state index contributed by atoms with van der Waals surface area (Å²) in [6.45, 7) is 2.57. The van der Waals surface area contributed by atoms with Gasteiger partial charge in [-0.3, -0.25) is 4.72 Å². The number of sulfonamides is 1. The third kappa shape index (κ3) is 4.35. The van der Waals surface area contributed by atoms with Gasteiger partial charge in [-0.1, -0.05) is 36.4 Å². The van der Waals surface area contributed by atoms with Crippen molar-refractivity contribution in [2.24, 2.45) is 0 Å². The molecule has 1 aliphatic heterocycles. The predicted octanol–water partition coefficient (Wildman–Crippen LogP) is 3.74. The lowest BCUT2D eigenvalue weighted by atomic mass is 10.1. The summed E-state index contributed by atoms with van der Waals surface area (Å²) in [6.07, 6.45) is 2.99. The maximum Gasteiger partial charge on any atom is 0.322 e. The van der Waals surface area contributed by atoms with Gasteiger partial charge in [-0.2, -0.15) is 0 Å². The standard InChI is InChI=1S/C19H23N3O3S/c1-14-10-11-16(21-26(2,24)25)13-17(14)20-19(23)22-12-6-9-18(22)15-7-4-3-5-8-15/h3-5,7-8,10-11,13,18,21H,6,9,12H2,1-2H3,(H,20,23). The number of carbonyl (C=O) groups is 1. The lowest BCUT2D eigenvalue weighted by molar-refractivity contribution is 0.207. The minimum absolute atomic E-state index is 0.0637. The van der Waals surface area contributed by atoms with Gasteiger partial charge in [-0.05, 0) is 43.0 Å². The van der Waals surface area contributed by atoms with Gasteiger partial charge < -0.3 is 10.2 Å². The summed E-state index contributed by atoms with van der Waals surface area (Å²) < 4.78 is 25.3. The molecule has 3 rings (SSSR count). The number of amides is 2. The SMILES string of the molecule is Cc1ccc(NS(C)(=O)=O)cc1NC(=O)N1CCCC1c1ccccc1. The maximum absolute atomic E-state index is 12.8. The van der Waals surface area contributed by atoms with E-state index < -0.39 is 10.0 Å². The topological polar surface area (TPSA) is 78.5 Å². The van der Waals surface area contributed by atoms with Crippen molar-refractivity contribution in [3.8, 4) is 0 Å². The Kier molecular flexibility index (Phi) is 5.18. The maximum atomic E-state index is 12.8. The number of carbonyl (C=O) groups excluding carboxylic acids is 1. The van der Waals surface area contributed by atoms with Gasteiger partial charge in [0.2, 0.25) is 10.0 Å². The fourth-order valence-corrected chi connectivity index (χ4v) is 3.81. The van der Waals surface area contributed by atoms with Crippen LogP contribution < -0.4 is 10.0 Å². The summed E-state index contributed by atoms with van der Waals surface area (Å²) in [6, 6.07) is 15.0. The molecule has 138 valence electrons. The molecule has 6 nitrogen and oxygen atoms in total. The van der Waals surface area contributed by atoms with Crippen molar-refractivity contribution in [3.63, 3.8) is 0 Å². The summed E-state index contributed by atoms with van der Waals surface area (Å²) in [5.74, 6) is 0. The summed E-state index contributed by atoms with van der Waals surface area (Å²) >= 11 is 0. The highest BCUT2D eigenvalue weighted by Gasteiger charge is 2.30. The molecule has 0 spiro atoms. The molecule has 1 unspecified atom stereocenters. The van der Waals surface area contributed by atoms with Gasteiger partial charge >= 0.3 is 6.03 Å². The molecule has 1 saturated heterocycles. The molecule has 1 heterocycles. The first kappa shape index (κ1) is 18.3. The summed E-state index contributed by atoms with van der Waals surface area (Å²) in [5, 5.41) is 2.93. The Morgan fingerprint density at radius 2 is 1.88 bits per heavy atom. The summed E-state index contributed by atoms with van der Waals surface area (Å²) in [4.78, 5) is 14.7. The van der Waals surface area contributed by atoms with Crippen LogP contribution in [0.25, 0.3) is 0 Å². The molecule has 0 bridgehead atoms. The first-order valence-corrected chi connectivity index (χ1v) is 10.4. The molecule has 1 fully saturated rings. The zero-order valence-corrected chi connectivity index (χ0v) is 15.7. The molecule has 0 aliphatic carbocycles. The van der Waals surface area contributed by atoms with Crippen molar-refractivity contribution >= 4 is 27.4 Å². The van der Waals surface area contributed by atoms with Crippen molar-refractivity contribution < 1.29 is 13.2 Å². The second kappa shape index (κ2) is 7.37. The lowest BCUT2D eigenvalue weighted by Gasteiger charge is -2.26. The Hall–Kier alpha value is -2.54. The van der Waals surface area contributed by atoms with Crippen LogP contribution in [0.3, 0.4) is 0 Å². The molecule has 0 radical (unpaired) electrons. The first-order chi connectivity index (χ1) is 12.3. The highest BCUT2D eigenvalue weighted by atomic mass is 32.2. The van der Waals surface area contributed by atoms with Crippen LogP contribution in [0, 0.1) is 6.92 Å². The van der Waals surface area contributed by atoms with Crippen LogP contribution in [-0.2, 0) is 10.0 Å². The van der Waals surface area contributed by atoms with E-state index >= 15 is 0 Å². The molecule has 1 aliphatic rings. The Morgan fingerprint density at radius 3 is 2.58 bits per heavy atom. The molecule has 2 amide bonds. The van der Waals surface area contributed by atoms with Crippen molar-refractivity contribution in [3.05, 3.63) is 59.7 Å². The molecular formula is C19H23N3O3S. The van der Waals surface area contributed by atoms with Gasteiger partial charge in [0.05, 0.1) is 18.0 Å². The van der Waals surface area contributed by atoms with Crippen LogP contribution in [0.4, 0.5) is 16.2 Å². The number of rotatable bonds is 4. The van der Waals surface area contributed by atoms with E-state index in [4.69, 9.17) is 0 Å². The number of aryl methyl sites for hydroxylation is 1. The van der Waals surface area contributed by atoms with Gasteiger partial charge in [-0.15, -0.1) is 0 Å². The van der Waals surface area contributed by atoms with Gasteiger partial charge in [0.25, 0.3) is 0 Å². The second-order valence-electron chi connectivity index (χ2n) is 6.60. The minimum Gasteiger partial charge on any atom is -0.317 e. The molecule has 7 heteroatoms. The Morgan fingerprint density at radius 1 is 1.15 bits per heavy atom. The fourth-order valence-electron chi connectivity index (χ4n) is 3.25. The zero-order chi connectivity index (χ0) is 18.7. The molecule has 0 saturated carbocycles. The average Bonchev–Trinajstić information content (AvgIpc) is 3.07. The number of anilines is 2. The number of benzene rings is 2. The van der Waals surface area contributed by atoms with Crippen LogP contribution in [0.2, 0.25) is 0 Å². The van der Waals surface area contributed by atoms with Crippen LogP contribution in [0.15, 0.2) is 48.5 Å². The number of nitrogens with one attached hydrogen (secondary N) is 2. The molecular weight excluding hydrogens is 350 g/mol. The van der Waals surface area contributed by atoms with E-state index in [9.17, 15) is 13.2 Å². The Bertz CT molecular complexity index is 898. The number of likely N-dealkylation sites (tertiary alicyclic amines) is 1. The van der Waals surface area contributed by atoms with Gasteiger partial charge in [0, 0.05) is 12.2 Å². The van der Waals surface area contributed by atoms with E-state index in [-0.39, 0.29) is 12.1 Å². The van der Waals surface area contributed by atoms with Crippen molar-refractivity contribution in [1.29, 1.82) is 0 Å². The monoisotopic (exact) mass is 373 g/mol. The summed E-state index contributed by atoms with van der Waals surface area (Å²) in [5.41, 5.74) is 3.02. The van der Waals surface area contributed by atoms with Crippen molar-refractivity contribution in [1.82, 2.24) is 4.90 Å². The van der Waals surface area contributed by atoms with E-state index in [0.717, 1.165) is 30.2 Å². The van der Waals surface area contributed by atoms with Gasteiger partial charge in [-0.25, -0.2) is 13.2 Å². The van der Waals surface area contributed by atoms with E-state index in [0.29, 0.717) is 17.9 Å². The van der Waals surface area contributed by atoms with E-state index in [1.165, 1.54) is 0 Å². The Balaban J connectivity index is 1.78. The first-order valence-electron chi connectivity index (χ1n) is 8.54. The highest BCUT2D eigenvalue weighted by molar-refractivity contribution is 7.92. The van der Waals surface area contributed by atoms with Crippen molar-refractivity contribution in [2.75, 3.05) is 22.8 Å². The van der Waals surface area contributed by atoms with Crippen LogP contribution in [0.5, 0.6) is 0 Å². The Labute approximate surface area is 154 Å². The number of hydrogen-bond acceptors (Lipinski definition) is 3. The smallest absolute Gasteiger partial charge is 0.317 e. The number of nitrogens with zero attached hydrogens (tertiary/aromatic N) is 1. The molecule has 2 aromatic carbocycles. The quantitative estimate of drug-likeness (QED) is 0.857. The van der Waals surface area contributed by atoms with Crippen LogP contribution in [-0.4, -0.2) is 32.1 Å². The van der Waals surface area contributed by atoms with E-state index in [1.54, 1.807) is 18.2 Å².